The van der Waals surface area contributed by atoms with Gasteiger partial charge < -0.3 is 9.47 Å². The Kier molecular flexibility index (Phi) is 6.90. The number of hydrogen-bond donors (Lipinski definition) is 1. The van der Waals surface area contributed by atoms with E-state index in [0.717, 1.165) is 24.0 Å². The van der Waals surface area contributed by atoms with Crippen molar-refractivity contribution in [2.45, 2.75) is 59.1 Å². The number of ether oxygens (including phenoxy) is 2. The lowest BCUT2D eigenvalue weighted by Crippen LogP contribution is -2.26. The largest absolute Gasteiger partial charge is 0.477 e. The maximum Gasteiger partial charge on any atom is 0.242 e. The standard InChI is InChI=1S/C23H31N5O3.H2/c1-6-7-10-31-21-9-8-20-25-27(22(24)28(20)26-21)14-19(29)17-11-16(15-30-5)12-18(13-17)23(2,3)4;/h8-9,11-13,24H,6-7,10,14-15H2,1-5H3;1H. The van der Waals surface area contributed by atoms with Crippen molar-refractivity contribution in [1.82, 2.24) is 19.4 Å². The van der Waals surface area contributed by atoms with Crippen molar-refractivity contribution >= 4 is 11.4 Å². The molecule has 8 heteroatoms. The Morgan fingerprint density at radius 2 is 1.97 bits per heavy atom. The van der Waals surface area contributed by atoms with Crippen molar-refractivity contribution in [3.05, 3.63) is 52.6 Å². The molecule has 0 aliphatic rings. The maximum atomic E-state index is 13.1. The van der Waals surface area contributed by atoms with Gasteiger partial charge in [-0.25, -0.2) is 4.68 Å². The molecule has 2 heterocycles. The summed E-state index contributed by atoms with van der Waals surface area (Å²) in [5.41, 5.74) is 3.00. The zero-order valence-corrected chi connectivity index (χ0v) is 18.9. The van der Waals surface area contributed by atoms with Crippen LogP contribution < -0.4 is 10.4 Å². The molecule has 0 unspecified atom stereocenters. The first-order chi connectivity index (χ1) is 14.7. The molecule has 3 aromatic rings. The summed E-state index contributed by atoms with van der Waals surface area (Å²) in [6, 6.07) is 9.30. The summed E-state index contributed by atoms with van der Waals surface area (Å²) in [6.45, 7) is 9.37. The van der Waals surface area contributed by atoms with Crippen LogP contribution in [0.5, 0.6) is 5.88 Å². The van der Waals surface area contributed by atoms with Gasteiger partial charge in [0.15, 0.2) is 11.4 Å². The fraction of sp³-hybridized carbons (Fsp3) is 0.478. The van der Waals surface area contributed by atoms with Gasteiger partial charge in [-0.1, -0.05) is 40.2 Å². The topological polar surface area (TPSA) is 94.5 Å². The second kappa shape index (κ2) is 9.43. The average molecular weight is 428 g/mol. The van der Waals surface area contributed by atoms with Gasteiger partial charge in [0.05, 0.1) is 13.2 Å². The highest BCUT2D eigenvalue weighted by Gasteiger charge is 2.19. The van der Waals surface area contributed by atoms with Crippen molar-refractivity contribution in [3.8, 4) is 5.88 Å². The Balaban J connectivity index is 0.00000363. The molecular formula is C23H33N5O3. The number of ketones is 1. The quantitative estimate of drug-likeness (QED) is 0.414. The van der Waals surface area contributed by atoms with Crippen LogP contribution >= 0.6 is 0 Å². The number of fused-ring (bicyclic) bond motifs is 1. The van der Waals surface area contributed by atoms with Gasteiger partial charge in [0.25, 0.3) is 0 Å². The minimum absolute atomic E-state index is 0. The smallest absolute Gasteiger partial charge is 0.242 e. The van der Waals surface area contributed by atoms with Crippen molar-refractivity contribution in [1.29, 1.82) is 5.41 Å². The van der Waals surface area contributed by atoms with Gasteiger partial charge in [-0.2, -0.15) is 4.52 Å². The molecule has 3 rings (SSSR count). The van der Waals surface area contributed by atoms with Crippen molar-refractivity contribution in [3.63, 3.8) is 0 Å². The fourth-order valence-electron chi connectivity index (χ4n) is 3.18. The lowest BCUT2D eigenvalue weighted by atomic mass is 9.84. The van der Waals surface area contributed by atoms with Crippen LogP contribution in [0.15, 0.2) is 30.3 Å². The molecule has 1 aromatic carbocycles. The van der Waals surface area contributed by atoms with Crippen LogP contribution in [-0.4, -0.2) is 38.9 Å². The summed E-state index contributed by atoms with van der Waals surface area (Å²) in [5.74, 6) is 0.317. The summed E-state index contributed by atoms with van der Waals surface area (Å²) < 4.78 is 13.6. The molecule has 0 radical (unpaired) electrons. The first-order valence-electron chi connectivity index (χ1n) is 10.5. The summed E-state index contributed by atoms with van der Waals surface area (Å²) in [7, 11) is 1.64. The highest BCUT2D eigenvalue weighted by molar-refractivity contribution is 5.96. The van der Waals surface area contributed by atoms with E-state index >= 15 is 0 Å². The fourth-order valence-corrected chi connectivity index (χ4v) is 3.18. The van der Waals surface area contributed by atoms with Crippen LogP contribution in [0.25, 0.3) is 5.65 Å². The third-order valence-electron chi connectivity index (χ3n) is 4.99. The predicted molar refractivity (Wildman–Crippen MR) is 120 cm³/mol. The molecule has 0 saturated heterocycles. The molecule has 0 bridgehead atoms. The Labute approximate surface area is 183 Å². The van der Waals surface area contributed by atoms with Gasteiger partial charge in [0, 0.05) is 20.2 Å². The second-order valence-electron chi connectivity index (χ2n) is 8.65. The SMILES string of the molecule is CCCCOc1ccc2nn(CC(=O)c3cc(COC)cc(C(C)(C)C)c3)c(=N)n2n1.[HH]. The van der Waals surface area contributed by atoms with Crippen LogP contribution in [0.3, 0.4) is 0 Å². The average Bonchev–Trinajstić information content (AvgIpc) is 3.02. The predicted octanol–water partition coefficient (Wildman–Crippen LogP) is 3.76. The molecular weight excluding hydrogens is 394 g/mol. The van der Waals surface area contributed by atoms with E-state index in [2.05, 4.69) is 44.0 Å². The van der Waals surface area contributed by atoms with Gasteiger partial charge in [-0.3, -0.25) is 10.2 Å². The number of Topliss-reactive ketones (excluding diaryl/α,β-unsaturated/α-hetero) is 1. The van der Waals surface area contributed by atoms with Gasteiger partial charge in [-0.15, -0.1) is 10.2 Å². The minimum atomic E-state index is -0.121. The monoisotopic (exact) mass is 427 g/mol. The molecule has 8 nitrogen and oxygen atoms in total. The molecule has 31 heavy (non-hydrogen) atoms. The van der Waals surface area contributed by atoms with E-state index in [1.807, 2.05) is 12.1 Å². The van der Waals surface area contributed by atoms with Gasteiger partial charge in [0.1, 0.15) is 6.54 Å². The second-order valence-corrected chi connectivity index (χ2v) is 8.65. The summed E-state index contributed by atoms with van der Waals surface area (Å²) >= 11 is 0. The Hall–Kier alpha value is -3.00. The van der Waals surface area contributed by atoms with E-state index in [4.69, 9.17) is 14.9 Å². The maximum absolute atomic E-state index is 13.1. The van der Waals surface area contributed by atoms with Crippen molar-refractivity contribution < 1.29 is 15.7 Å². The van der Waals surface area contributed by atoms with E-state index in [0.29, 0.717) is 30.3 Å². The number of rotatable bonds is 9. The first-order valence-corrected chi connectivity index (χ1v) is 10.5. The van der Waals surface area contributed by atoms with Crippen LogP contribution in [0.1, 0.15) is 63.4 Å². The van der Waals surface area contributed by atoms with Crippen molar-refractivity contribution in [2.75, 3.05) is 13.7 Å². The van der Waals surface area contributed by atoms with Gasteiger partial charge >= 0.3 is 0 Å². The van der Waals surface area contributed by atoms with E-state index in [1.165, 1.54) is 9.20 Å². The number of aromatic nitrogens is 4. The lowest BCUT2D eigenvalue weighted by molar-refractivity contribution is 0.0965. The number of benzene rings is 1. The van der Waals surface area contributed by atoms with E-state index in [-0.39, 0.29) is 24.8 Å². The van der Waals surface area contributed by atoms with Crippen molar-refractivity contribution in [2.24, 2.45) is 0 Å². The molecule has 2 aromatic heterocycles. The first kappa shape index (κ1) is 22.7. The number of nitrogens with zero attached hydrogens (tertiary/aromatic N) is 4. The summed E-state index contributed by atoms with van der Waals surface area (Å²) in [6.07, 6.45) is 1.96. The van der Waals surface area contributed by atoms with Crippen LogP contribution in [-0.2, 0) is 23.3 Å². The third-order valence-corrected chi connectivity index (χ3v) is 4.99. The molecule has 0 atom stereocenters. The summed E-state index contributed by atoms with van der Waals surface area (Å²) in [5, 5.41) is 17.1. The lowest BCUT2D eigenvalue weighted by Gasteiger charge is -2.21. The van der Waals surface area contributed by atoms with Crippen LogP contribution in [0.4, 0.5) is 0 Å². The van der Waals surface area contributed by atoms with E-state index < -0.39 is 0 Å². The zero-order chi connectivity index (χ0) is 22.6. The minimum Gasteiger partial charge on any atom is -0.477 e. The molecule has 0 fully saturated rings. The van der Waals surface area contributed by atoms with Crippen LogP contribution in [0, 0.1) is 5.41 Å². The molecule has 0 aliphatic carbocycles. The number of carbonyl (C=O) groups excluding carboxylic acids is 1. The number of methoxy groups -OCH3 is 1. The molecule has 0 spiro atoms. The Morgan fingerprint density at radius 1 is 1.19 bits per heavy atom. The van der Waals surface area contributed by atoms with E-state index in [9.17, 15) is 4.79 Å². The molecule has 0 amide bonds. The third kappa shape index (κ3) is 5.38. The van der Waals surface area contributed by atoms with Gasteiger partial charge in [-0.05, 0) is 41.2 Å². The number of unbranched alkanes of at least 4 members (excludes halogenated alkanes) is 1. The molecule has 1 N–H and O–H groups in total. The highest BCUT2D eigenvalue weighted by atomic mass is 16.5. The molecule has 0 saturated carbocycles. The molecule has 168 valence electrons. The summed E-state index contributed by atoms with van der Waals surface area (Å²) in [4.78, 5) is 13.1. The van der Waals surface area contributed by atoms with E-state index in [1.54, 1.807) is 19.2 Å². The van der Waals surface area contributed by atoms with Gasteiger partial charge in [0.2, 0.25) is 11.5 Å². The Morgan fingerprint density at radius 3 is 2.65 bits per heavy atom. The Bertz CT molecular complexity index is 1130. The number of nitrogens with one attached hydrogen (secondary N) is 1. The number of carbonyl (C=O) groups is 1. The normalized spacial score (nSPS) is 11.8. The zero-order valence-electron chi connectivity index (χ0n) is 18.9. The van der Waals surface area contributed by atoms with Crippen LogP contribution in [0.2, 0.25) is 0 Å². The highest BCUT2D eigenvalue weighted by Crippen LogP contribution is 2.25. The molecule has 0 aliphatic heterocycles. The number of hydrogen-bond acceptors (Lipinski definition) is 6.